The van der Waals surface area contributed by atoms with E-state index in [9.17, 15) is 22.4 Å². The van der Waals surface area contributed by atoms with Gasteiger partial charge in [-0.3, -0.25) is 4.79 Å². The summed E-state index contributed by atoms with van der Waals surface area (Å²) in [6, 6.07) is 16.9. The van der Waals surface area contributed by atoms with E-state index in [4.69, 9.17) is 11.0 Å². The smallest absolute Gasteiger partial charge is 0.433 e. The summed E-state index contributed by atoms with van der Waals surface area (Å²) in [5.74, 6) is -0.232. The molecule has 1 saturated heterocycles. The van der Waals surface area contributed by atoms with E-state index in [2.05, 4.69) is 25.1 Å². The van der Waals surface area contributed by atoms with Crippen LogP contribution in [0.2, 0.25) is 0 Å². The van der Waals surface area contributed by atoms with Gasteiger partial charge in [-0.05, 0) is 67.3 Å². The van der Waals surface area contributed by atoms with Crippen LogP contribution in [0.3, 0.4) is 0 Å². The number of rotatable bonds is 6. The summed E-state index contributed by atoms with van der Waals surface area (Å²) in [6.07, 6.45) is -2.08. The highest BCUT2D eigenvalue weighted by Crippen LogP contribution is 2.37. The monoisotopic (exact) mass is 600 g/mol. The minimum Gasteiger partial charge on any atom is -0.436 e. The highest BCUT2D eigenvalue weighted by Gasteiger charge is 2.33. The van der Waals surface area contributed by atoms with Crippen LogP contribution in [0.4, 0.5) is 29.2 Å². The van der Waals surface area contributed by atoms with E-state index < -0.39 is 17.7 Å². The number of piperidine rings is 1. The molecule has 3 heterocycles. The van der Waals surface area contributed by atoms with E-state index in [1.807, 2.05) is 0 Å². The lowest BCUT2D eigenvalue weighted by molar-refractivity contribution is -0.141. The van der Waals surface area contributed by atoms with Crippen molar-refractivity contribution in [2.24, 2.45) is 5.92 Å². The molecule has 12 heteroatoms. The predicted octanol–water partition coefficient (Wildman–Crippen LogP) is 7.31. The molecule has 1 fully saturated rings. The zero-order valence-corrected chi connectivity index (χ0v) is 23.1. The molecule has 44 heavy (non-hydrogen) atoms. The average Bonchev–Trinajstić information content (AvgIpc) is 3.48. The zero-order chi connectivity index (χ0) is 30.8. The van der Waals surface area contributed by atoms with Crippen LogP contribution in [0.15, 0.2) is 77.3 Å². The molecule has 1 N–H and O–H groups in total. The molecule has 3 aromatic carbocycles. The number of halogens is 4. The molecule has 2 aromatic heterocycles. The number of carbonyl (C=O) groups excluding carboxylic acids is 1. The maximum atomic E-state index is 14.6. The van der Waals surface area contributed by atoms with E-state index >= 15 is 0 Å². The molecule has 0 aliphatic carbocycles. The molecule has 0 saturated carbocycles. The summed E-state index contributed by atoms with van der Waals surface area (Å²) in [5, 5.41) is 2.94. The second-order valence-corrected chi connectivity index (χ2v) is 10.4. The van der Waals surface area contributed by atoms with Gasteiger partial charge in [-0.25, -0.2) is 24.2 Å². The third-order valence-electron chi connectivity index (χ3n) is 7.54. The standard InChI is InChI=1S/C32H24F4N6O2/c1-37-22-16-24(23-4-2-3-5-25(23)33)28-26(17-22)40-30(44-28)21-8-6-20(7-9-21)29(43)39-18-19-11-14-42(15-12-19)31-38-13-10-27(41-31)32(34,35)36/h2-10,13,16-17,19H,11-12,14-15,18H2,(H,39,43). The van der Waals surface area contributed by atoms with Crippen molar-refractivity contribution in [3.63, 3.8) is 0 Å². The Hall–Kier alpha value is -5.31. The van der Waals surface area contributed by atoms with Crippen LogP contribution in [0, 0.1) is 18.3 Å². The number of nitrogens with zero attached hydrogens (tertiary/aromatic N) is 5. The number of hydrogen-bond acceptors (Lipinski definition) is 6. The van der Waals surface area contributed by atoms with Crippen molar-refractivity contribution in [1.29, 1.82) is 0 Å². The number of benzene rings is 3. The first kappa shape index (κ1) is 28.8. The molecule has 0 unspecified atom stereocenters. The molecule has 5 aromatic rings. The van der Waals surface area contributed by atoms with Gasteiger partial charge in [-0.1, -0.05) is 18.2 Å². The number of carbonyl (C=O) groups is 1. The molecule has 1 aliphatic rings. The fraction of sp³-hybridized carbons (Fsp3) is 0.219. The summed E-state index contributed by atoms with van der Waals surface area (Å²) in [5.41, 5.74) is 1.86. The van der Waals surface area contributed by atoms with Crippen LogP contribution in [0.1, 0.15) is 28.9 Å². The number of anilines is 1. The largest absolute Gasteiger partial charge is 0.436 e. The van der Waals surface area contributed by atoms with Crippen molar-refractivity contribution in [1.82, 2.24) is 20.3 Å². The van der Waals surface area contributed by atoms with Gasteiger partial charge in [0.1, 0.15) is 17.0 Å². The minimum atomic E-state index is -4.53. The third-order valence-corrected chi connectivity index (χ3v) is 7.54. The number of oxazole rings is 1. The number of alkyl halides is 3. The second-order valence-electron chi connectivity index (χ2n) is 10.4. The first-order valence-corrected chi connectivity index (χ1v) is 13.8. The van der Waals surface area contributed by atoms with E-state index in [1.54, 1.807) is 59.5 Å². The zero-order valence-electron chi connectivity index (χ0n) is 23.1. The molecule has 1 amide bonds. The number of hydrogen-bond donors (Lipinski definition) is 1. The Morgan fingerprint density at radius 2 is 1.77 bits per heavy atom. The number of nitrogens with one attached hydrogen (secondary N) is 1. The van der Waals surface area contributed by atoms with Crippen molar-refractivity contribution >= 4 is 28.6 Å². The van der Waals surface area contributed by atoms with E-state index in [0.717, 1.165) is 12.3 Å². The molecule has 8 nitrogen and oxygen atoms in total. The van der Waals surface area contributed by atoms with Crippen molar-refractivity contribution in [2.45, 2.75) is 19.0 Å². The molecule has 0 spiro atoms. The molecular formula is C32H24F4N6O2. The van der Waals surface area contributed by atoms with Gasteiger partial charge in [-0.2, -0.15) is 13.2 Å². The Bertz CT molecular complexity index is 1870. The first-order chi connectivity index (χ1) is 21.2. The lowest BCUT2D eigenvalue weighted by atomic mass is 9.97. The fourth-order valence-corrected chi connectivity index (χ4v) is 5.18. The van der Waals surface area contributed by atoms with Gasteiger partial charge in [0, 0.05) is 48.1 Å². The van der Waals surface area contributed by atoms with Crippen molar-refractivity contribution in [3.8, 4) is 22.6 Å². The summed E-state index contributed by atoms with van der Waals surface area (Å²) < 4.78 is 59.6. The van der Waals surface area contributed by atoms with Gasteiger partial charge in [0.05, 0.1) is 6.57 Å². The van der Waals surface area contributed by atoms with Crippen LogP contribution in [-0.2, 0) is 6.18 Å². The van der Waals surface area contributed by atoms with Crippen LogP contribution in [0.5, 0.6) is 0 Å². The second kappa shape index (κ2) is 11.8. The van der Waals surface area contributed by atoms with E-state index in [-0.39, 0.29) is 23.7 Å². The van der Waals surface area contributed by atoms with Crippen molar-refractivity contribution < 1.29 is 26.8 Å². The Labute approximate surface area is 249 Å². The molecular weight excluding hydrogens is 576 g/mol. The molecule has 222 valence electrons. The molecule has 6 rings (SSSR count). The van der Waals surface area contributed by atoms with Crippen LogP contribution < -0.4 is 10.2 Å². The average molecular weight is 601 g/mol. The lowest BCUT2D eigenvalue weighted by Crippen LogP contribution is -2.39. The summed E-state index contributed by atoms with van der Waals surface area (Å²) >= 11 is 0. The Morgan fingerprint density at radius 1 is 1.02 bits per heavy atom. The van der Waals surface area contributed by atoms with Gasteiger partial charge >= 0.3 is 6.18 Å². The van der Waals surface area contributed by atoms with Crippen molar-refractivity contribution in [3.05, 3.63) is 101 Å². The van der Waals surface area contributed by atoms with Gasteiger partial charge in [-0.15, -0.1) is 0 Å². The topological polar surface area (TPSA) is 88.5 Å². The van der Waals surface area contributed by atoms with Crippen LogP contribution in [-0.4, -0.2) is 40.5 Å². The number of fused-ring (bicyclic) bond motifs is 1. The minimum absolute atomic E-state index is 0.0524. The fourth-order valence-electron chi connectivity index (χ4n) is 5.18. The third kappa shape index (κ3) is 5.94. The summed E-state index contributed by atoms with van der Waals surface area (Å²) in [7, 11) is 0. The van der Waals surface area contributed by atoms with E-state index in [0.29, 0.717) is 71.5 Å². The van der Waals surface area contributed by atoms with E-state index in [1.165, 1.54) is 6.07 Å². The maximum Gasteiger partial charge on any atom is 0.433 e. The molecule has 0 bridgehead atoms. The molecule has 1 aliphatic heterocycles. The maximum absolute atomic E-state index is 14.6. The van der Waals surface area contributed by atoms with Gasteiger partial charge < -0.3 is 14.6 Å². The summed E-state index contributed by atoms with van der Waals surface area (Å²) in [4.78, 5) is 30.2. The van der Waals surface area contributed by atoms with Crippen LogP contribution >= 0.6 is 0 Å². The Balaban J connectivity index is 1.10. The van der Waals surface area contributed by atoms with Crippen molar-refractivity contribution in [2.75, 3.05) is 24.5 Å². The number of aromatic nitrogens is 3. The Morgan fingerprint density at radius 3 is 2.48 bits per heavy atom. The van der Waals surface area contributed by atoms with Gasteiger partial charge in [0.2, 0.25) is 11.8 Å². The van der Waals surface area contributed by atoms with Gasteiger partial charge in [0.25, 0.3) is 5.91 Å². The lowest BCUT2D eigenvalue weighted by Gasteiger charge is -2.32. The summed E-state index contributed by atoms with van der Waals surface area (Å²) in [6.45, 7) is 8.82. The number of amides is 1. The highest BCUT2D eigenvalue weighted by molar-refractivity contribution is 5.96. The quantitative estimate of drug-likeness (QED) is 0.163. The first-order valence-electron chi connectivity index (χ1n) is 13.8. The molecule has 0 radical (unpaired) electrons. The highest BCUT2D eigenvalue weighted by atomic mass is 19.4. The predicted molar refractivity (Wildman–Crippen MR) is 155 cm³/mol. The normalized spacial score (nSPS) is 14.0. The SMILES string of the molecule is [C-]#[N+]c1cc(-c2ccccc2F)c2oc(-c3ccc(C(=O)NCC4CCN(c5nccc(C(F)(F)F)n5)CC4)cc3)nc2c1. The van der Waals surface area contributed by atoms with Gasteiger partial charge in [0.15, 0.2) is 11.3 Å². The van der Waals surface area contributed by atoms with Crippen LogP contribution in [0.25, 0.3) is 38.5 Å². The Kier molecular flexibility index (Phi) is 7.69. The molecule has 0 atom stereocenters.